The van der Waals surface area contributed by atoms with E-state index in [0.717, 1.165) is 41.2 Å². The first kappa shape index (κ1) is 18.7. The fraction of sp³-hybridized carbons (Fsp3) is 0.476. The van der Waals surface area contributed by atoms with E-state index < -0.39 is 11.2 Å². The van der Waals surface area contributed by atoms with E-state index in [1.54, 1.807) is 0 Å². The van der Waals surface area contributed by atoms with Gasteiger partial charge in [-0.3, -0.25) is 23.6 Å². The third kappa shape index (κ3) is 3.09. The number of nitrogens with two attached hydrogens (primary N) is 1. The summed E-state index contributed by atoms with van der Waals surface area (Å²) in [6, 6.07) is 8.96. The Hall–Kier alpha value is -2.67. The average molecular weight is 382 g/mol. The Morgan fingerprint density at radius 2 is 1.86 bits per heavy atom. The number of hydrogen-bond donors (Lipinski definition) is 1. The second-order valence-electron chi connectivity index (χ2n) is 7.90. The van der Waals surface area contributed by atoms with Crippen molar-refractivity contribution in [2.24, 2.45) is 14.1 Å². The van der Waals surface area contributed by atoms with E-state index in [9.17, 15) is 14.4 Å². The molecule has 2 aliphatic rings. The Morgan fingerprint density at radius 3 is 2.57 bits per heavy atom. The Kier molecular flexibility index (Phi) is 4.71. The summed E-state index contributed by atoms with van der Waals surface area (Å²) in [6.45, 7) is 0.140. The average Bonchev–Trinajstić information content (AvgIpc) is 3.54. The highest BCUT2D eigenvalue weighted by atomic mass is 16.2. The van der Waals surface area contributed by atoms with Gasteiger partial charge in [-0.15, -0.1) is 0 Å². The van der Waals surface area contributed by atoms with Crippen molar-refractivity contribution in [2.75, 3.05) is 12.3 Å². The zero-order valence-corrected chi connectivity index (χ0v) is 16.4. The molecule has 1 unspecified atom stereocenters. The Bertz CT molecular complexity index is 1050. The Labute approximate surface area is 163 Å². The van der Waals surface area contributed by atoms with Gasteiger partial charge in [0.1, 0.15) is 11.4 Å². The largest absolute Gasteiger partial charge is 0.384 e. The van der Waals surface area contributed by atoms with Gasteiger partial charge in [0.05, 0.1) is 6.54 Å². The summed E-state index contributed by atoms with van der Waals surface area (Å²) >= 11 is 0. The second kappa shape index (κ2) is 7.05. The van der Waals surface area contributed by atoms with Crippen molar-refractivity contribution in [3.8, 4) is 0 Å². The van der Waals surface area contributed by atoms with Crippen LogP contribution in [0.1, 0.15) is 53.2 Å². The van der Waals surface area contributed by atoms with Gasteiger partial charge in [0, 0.05) is 26.2 Å². The molecule has 1 aromatic heterocycles. The summed E-state index contributed by atoms with van der Waals surface area (Å²) < 4.78 is 2.10. The number of nitrogens with zero attached hydrogens (tertiary/aromatic N) is 3. The molecule has 2 aliphatic carbocycles. The van der Waals surface area contributed by atoms with Crippen molar-refractivity contribution in [3.05, 3.63) is 61.8 Å². The molecule has 28 heavy (non-hydrogen) atoms. The number of hydrogen-bond acceptors (Lipinski definition) is 5. The molecule has 1 saturated carbocycles. The van der Waals surface area contributed by atoms with Crippen LogP contribution in [-0.4, -0.2) is 32.4 Å². The number of fused-ring (bicyclic) bond motifs is 1. The Balaban J connectivity index is 1.69. The van der Waals surface area contributed by atoms with Gasteiger partial charge in [0.15, 0.2) is 5.78 Å². The fourth-order valence-electron chi connectivity index (χ4n) is 4.34. The van der Waals surface area contributed by atoms with Gasteiger partial charge in [0.25, 0.3) is 5.56 Å². The topological polar surface area (TPSA) is 90.3 Å². The van der Waals surface area contributed by atoms with Gasteiger partial charge in [-0.05, 0) is 43.2 Å². The molecule has 1 heterocycles. The molecule has 0 saturated heterocycles. The van der Waals surface area contributed by atoms with E-state index in [0.29, 0.717) is 6.04 Å². The summed E-state index contributed by atoms with van der Waals surface area (Å²) in [4.78, 5) is 40.0. The number of rotatable bonds is 5. The number of aromatic nitrogens is 2. The van der Waals surface area contributed by atoms with Crippen LogP contribution in [0.15, 0.2) is 33.9 Å². The molecule has 1 aromatic carbocycles. The van der Waals surface area contributed by atoms with Crippen LogP contribution in [0.25, 0.3) is 0 Å². The molecular formula is C21H26N4O3. The predicted octanol–water partition coefficient (Wildman–Crippen LogP) is 1.39. The molecule has 148 valence electrons. The highest BCUT2D eigenvalue weighted by Crippen LogP contribution is 2.40. The summed E-state index contributed by atoms with van der Waals surface area (Å²) in [6.07, 6.45) is 5.28. The van der Waals surface area contributed by atoms with E-state index in [1.165, 1.54) is 25.2 Å². The zero-order chi connectivity index (χ0) is 20.0. The lowest BCUT2D eigenvalue weighted by Gasteiger charge is -2.35. The van der Waals surface area contributed by atoms with Crippen molar-refractivity contribution < 1.29 is 4.79 Å². The molecule has 7 nitrogen and oxygen atoms in total. The van der Waals surface area contributed by atoms with Crippen LogP contribution in [-0.2, 0) is 20.5 Å². The molecular weight excluding hydrogens is 356 g/mol. The first-order chi connectivity index (χ1) is 13.4. The van der Waals surface area contributed by atoms with Crippen molar-refractivity contribution in [3.63, 3.8) is 0 Å². The van der Waals surface area contributed by atoms with Gasteiger partial charge in [0.2, 0.25) is 0 Å². The maximum absolute atomic E-state index is 13.1. The smallest absolute Gasteiger partial charge is 0.332 e. The molecule has 7 heteroatoms. The van der Waals surface area contributed by atoms with Crippen LogP contribution in [0.4, 0.5) is 5.82 Å². The minimum atomic E-state index is -0.620. The van der Waals surface area contributed by atoms with Gasteiger partial charge in [-0.2, -0.15) is 0 Å². The Morgan fingerprint density at radius 1 is 1.14 bits per heavy atom. The lowest BCUT2D eigenvalue weighted by Crippen LogP contribution is -2.44. The van der Waals surface area contributed by atoms with Gasteiger partial charge in [-0.25, -0.2) is 4.79 Å². The van der Waals surface area contributed by atoms with E-state index in [-0.39, 0.29) is 29.8 Å². The summed E-state index contributed by atoms with van der Waals surface area (Å²) in [5.74, 6) is -0.374. The molecule has 2 aromatic rings. The van der Waals surface area contributed by atoms with Crippen molar-refractivity contribution in [1.29, 1.82) is 0 Å². The zero-order valence-electron chi connectivity index (χ0n) is 16.4. The number of ketones is 1. The monoisotopic (exact) mass is 382 g/mol. The van der Waals surface area contributed by atoms with Gasteiger partial charge >= 0.3 is 5.69 Å². The lowest BCUT2D eigenvalue weighted by atomic mass is 9.86. The maximum atomic E-state index is 13.1. The molecule has 0 amide bonds. The first-order valence-corrected chi connectivity index (χ1v) is 9.82. The predicted molar refractivity (Wildman–Crippen MR) is 108 cm³/mol. The third-order valence-electron chi connectivity index (χ3n) is 6.07. The number of carbonyl (C=O) groups is 1. The highest BCUT2D eigenvalue weighted by molar-refractivity contribution is 6.01. The number of carbonyl (C=O) groups excluding carboxylic acids is 1. The van der Waals surface area contributed by atoms with Crippen LogP contribution in [0.3, 0.4) is 0 Å². The van der Waals surface area contributed by atoms with E-state index in [4.69, 9.17) is 5.73 Å². The molecule has 0 radical (unpaired) electrons. The van der Waals surface area contributed by atoms with E-state index in [2.05, 4.69) is 23.1 Å². The first-order valence-electron chi connectivity index (χ1n) is 9.82. The van der Waals surface area contributed by atoms with Crippen LogP contribution < -0.4 is 17.0 Å². The highest BCUT2D eigenvalue weighted by Gasteiger charge is 2.38. The van der Waals surface area contributed by atoms with Gasteiger partial charge < -0.3 is 5.73 Å². The fourth-order valence-corrected chi connectivity index (χ4v) is 4.34. The van der Waals surface area contributed by atoms with Crippen LogP contribution >= 0.6 is 0 Å². The number of Topliss-reactive ketones (excluding diaryl/α,β-unsaturated/α-hetero) is 1. The number of aryl methyl sites for hydroxylation is 1. The van der Waals surface area contributed by atoms with Crippen molar-refractivity contribution >= 4 is 11.6 Å². The number of benzene rings is 1. The van der Waals surface area contributed by atoms with E-state index in [1.807, 2.05) is 6.07 Å². The van der Waals surface area contributed by atoms with E-state index >= 15 is 0 Å². The standard InChI is InChI=1S/C21H26N4O3/c1-23-19(22)18(20(27)24(2)21(23)28)17(26)12-25(14-10-11-14)16-9-5-7-13-6-3-4-8-15(13)16/h3-4,6,8,14,16H,5,7,9-12,22H2,1-2H3. The van der Waals surface area contributed by atoms with Crippen molar-refractivity contribution in [1.82, 2.24) is 14.0 Å². The molecule has 1 fully saturated rings. The summed E-state index contributed by atoms with van der Waals surface area (Å²) in [5, 5.41) is 0. The SMILES string of the molecule is Cn1c(N)c(C(=O)CN(C2CC2)C2CCCc3ccccc32)c(=O)n(C)c1=O. The quantitative estimate of drug-likeness (QED) is 0.790. The minimum Gasteiger partial charge on any atom is -0.384 e. The molecule has 1 atom stereocenters. The summed E-state index contributed by atoms with van der Waals surface area (Å²) in [7, 11) is 2.85. The summed E-state index contributed by atoms with van der Waals surface area (Å²) in [5.41, 5.74) is 7.38. The van der Waals surface area contributed by atoms with Crippen LogP contribution in [0.5, 0.6) is 0 Å². The van der Waals surface area contributed by atoms with Crippen molar-refractivity contribution in [2.45, 2.75) is 44.2 Å². The third-order valence-corrected chi connectivity index (χ3v) is 6.07. The normalized spacial score (nSPS) is 18.9. The maximum Gasteiger partial charge on any atom is 0.332 e. The molecule has 0 spiro atoms. The second-order valence-corrected chi connectivity index (χ2v) is 7.90. The van der Waals surface area contributed by atoms with Crippen LogP contribution in [0.2, 0.25) is 0 Å². The minimum absolute atomic E-state index is 0.0575. The number of anilines is 1. The lowest BCUT2D eigenvalue weighted by molar-refractivity contribution is 0.0862. The number of nitrogen functional groups attached to an aromatic ring is 1. The molecule has 2 N–H and O–H groups in total. The van der Waals surface area contributed by atoms with Crippen LogP contribution in [0, 0.1) is 0 Å². The molecule has 0 bridgehead atoms. The molecule has 0 aliphatic heterocycles. The van der Waals surface area contributed by atoms with Gasteiger partial charge in [-0.1, -0.05) is 24.3 Å². The molecule has 4 rings (SSSR count).